The second-order valence-electron chi connectivity index (χ2n) is 5.87. The quantitative estimate of drug-likeness (QED) is 0.541. The van der Waals surface area contributed by atoms with Gasteiger partial charge in [-0.1, -0.05) is 35.3 Å². The van der Waals surface area contributed by atoms with Gasteiger partial charge in [0.2, 0.25) is 0 Å². The summed E-state index contributed by atoms with van der Waals surface area (Å²) in [5.74, 6) is 1.45. The molecule has 6 heteroatoms. The normalized spacial score (nSPS) is 10.8. The van der Waals surface area contributed by atoms with Gasteiger partial charge in [0.25, 0.3) is 0 Å². The minimum Gasteiger partial charge on any atom is -0.490 e. The molecule has 0 radical (unpaired) electrons. The van der Waals surface area contributed by atoms with Gasteiger partial charge in [-0.25, -0.2) is 0 Å². The summed E-state index contributed by atoms with van der Waals surface area (Å²) in [6.45, 7) is 5.68. The fraction of sp³-hybridized carbons (Fsp3) is 0.400. The van der Waals surface area contributed by atoms with Gasteiger partial charge in [0, 0.05) is 22.2 Å². The zero-order valence-electron chi connectivity index (χ0n) is 15.3. The highest BCUT2D eigenvalue weighted by Crippen LogP contribution is 2.30. The van der Waals surface area contributed by atoms with Gasteiger partial charge in [-0.15, -0.1) is 0 Å². The van der Waals surface area contributed by atoms with Crippen molar-refractivity contribution in [2.24, 2.45) is 0 Å². The van der Waals surface area contributed by atoms with Crippen LogP contribution in [0.15, 0.2) is 36.4 Å². The Bertz CT molecular complexity index is 696. The first-order valence-electron chi connectivity index (χ1n) is 8.81. The molecule has 4 nitrogen and oxygen atoms in total. The molecule has 2 aromatic rings. The summed E-state index contributed by atoms with van der Waals surface area (Å²) < 4.78 is 11.7. The monoisotopic (exact) mass is 396 g/mol. The Kier molecular flexibility index (Phi) is 9.06. The Labute approximate surface area is 165 Å². The van der Waals surface area contributed by atoms with Crippen LogP contribution in [0.2, 0.25) is 10.0 Å². The highest BCUT2D eigenvalue weighted by molar-refractivity contribution is 6.35. The van der Waals surface area contributed by atoms with E-state index in [0.29, 0.717) is 29.0 Å². The van der Waals surface area contributed by atoms with Crippen molar-refractivity contribution in [3.05, 3.63) is 57.6 Å². The second kappa shape index (κ2) is 11.3. The van der Waals surface area contributed by atoms with Crippen molar-refractivity contribution in [3.63, 3.8) is 0 Å². The lowest BCUT2D eigenvalue weighted by atomic mass is 10.2. The van der Waals surface area contributed by atoms with Crippen LogP contribution in [0.1, 0.15) is 24.5 Å². The van der Waals surface area contributed by atoms with E-state index in [1.807, 2.05) is 38.2 Å². The summed E-state index contributed by atoms with van der Waals surface area (Å²) >= 11 is 12.1. The third-order valence-corrected chi connectivity index (χ3v) is 4.40. The van der Waals surface area contributed by atoms with Gasteiger partial charge in [0.1, 0.15) is 6.61 Å². The van der Waals surface area contributed by atoms with Crippen LogP contribution in [-0.2, 0) is 13.2 Å². The molecular formula is C20H26Cl2N2O2. The van der Waals surface area contributed by atoms with Gasteiger partial charge in [-0.05, 0) is 63.3 Å². The summed E-state index contributed by atoms with van der Waals surface area (Å²) in [5.41, 5.74) is 2.04. The maximum Gasteiger partial charge on any atom is 0.161 e. The molecule has 0 saturated carbocycles. The molecule has 0 amide bonds. The first-order chi connectivity index (χ1) is 12.6. The molecule has 0 bridgehead atoms. The fourth-order valence-electron chi connectivity index (χ4n) is 2.47. The van der Waals surface area contributed by atoms with Gasteiger partial charge in [0.15, 0.2) is 11.5 Å². The number of benzene rings is 2. The smallest absolute Gasteiger partial charge is 0.161 e. The van der Waals surface area contributed by atoms with Crippen LogP contribution in [0.4, 0.5) is 0 Å². The minimum absolute atomic E-state index is 0.359. The Morgan fingerprint density at radius 1 is 0.962 bits per heavy atom. The van der Waals surface area contributed by atoms with Crippen molar-refractivity contribution in [2.45, 2.75) is 26.5 Å². The molecule has 0 saturated heterocycles. The van der Waals surface area contributed by atoms with Crippen molar-refractivity contribution in [3.8, 4) is 11.5 Å². The van der Waals surface area contributed by atoms with Crippen LogP contribution in [-0.4, -0.2) is 26.7 Å². The standard InChI is InChI=1S/C20H26Cl2N2O2/c1-3-25-20-11-15(13-24-10-4-9-23-2)5-8-19(20)26-14-16-6-7-17(21)12-18(16)22/h5-8,11-12,23-24H,3-4,9-10,13-14H2,1-2H3. The third-order valence-electron chi connectivity index (χ3n) is 3.82. The average Bonchev–Trinajstić information content (AvgIpc) is 2.62. The highest BCUT2D eigenvalue weighted by Gasteiger charge is 2.09. The van der Waals surface area contributed by atoms with Crippen LogP contribution in [0, 0.1) is 0 Å². The Morgan fingerprint density at radius 3 is 2.54 bits per heavy atom. The summed E-state index contributed by atoms with van der Waals surface area (Å²) in [7, 11) is 1.96. The van der Waals surface area contributed by atoms with Crippen LogP contribution < -0.4 is 20.1 Å². The second-order valence-corrected chi connectivity index (χ2v) is 6.72. The van der Waals surface area contributed by atoms with Gasteiger partial charge in [-0.3, -0.25) is 0 Å². The van der Waals surface area contributed by atoms with E-state index in [0.717, 1.165) is 42.9 Å². The Balaban J connectivity index is 1.98. The summed E-state index contributed by atoms with van der Waals surface area (Å²) in [6.07, 6.45) is 1.10. The van der Waals surface area contributed by atoms with E-state index in [4.69, 9.17) is 32.7 Å². The summed E-state index contributed by atoms with van der Waals surface area (Å²) in [4.78, 5) is 0. The molecule has 0 aliphatic carbocycles. The molecular weight excluding hydrogens is 371 g/mol. The van der Waals surface area contributed by atoms with Crippen molar-refractivity contribution in [1.29, 1.82) is 0 Å². The maximum absolute atomic E-state index is 6.21. The Morgan fingerprint density at radius 2 is 1.81 bits per heavy atom. The number of hydrogen-bond acceptors (Lipinski definition) is 4. The van der Waals surface area contributed by atoms with Crippen molar-refractivity contribution < 1.29 is 9.47 Å². The molecule has 0 aliphatic heterocycles. The topological polar surface area (TPSA) is 42.5 Å². The molecule has 2 rings (SSSR count). The van der Waals surface area contributed by atoms with E-state index in [1.54, 1.807) is 12.1 Å². The first-order valence-corrected chi connectivity index (χ1v) is 9.57. The van der Waals surface area contributed by atoms with E-state index >= 15 is 0 Å². The molecule has 26 heavy (non-hydrogen) atoms. The SMILES string of the molecule is CCOc1cc(CNCCCNC)ccc1OCc1ccc(Cl)cc1Cl. The number of nitrogens with one attached hydrogen (secondary N) is 2. The third kappa shape index (κ3) is 6.69. The molecule has 0 heterocycles. The van der Waals surface area contributed by atoms with Crippen LogP contribution in [0.25, 0.3) is 0 Å². The predicted octanol–water partition coefficient (Wildman–Crippen LogP) is 4.67. The van der Waals surface area contributed by atoms with Crippen molar-refractivity contribution in [2.75, 3.05) is 26.7 Å². The molecule has 142 valence electrons. The van der Waals surface area contributed by atoms with Crippen molar-refractivity contribution >= 4 is 23.2 Å². The number of halogens is 2. The van der Waals surface area contributed by atoms with E-state index in [-0.39, 0.29) is 0 Å². The summed E-state index contributed by atoms with van der Waals surface area (Å²) in [6, 6.07) is 11.4. The van der Waals surface area contributed by atoms with E-state index < -0.39 is 0 Å². The maximum atomic E-state index is 6.21. The van der Waals surface area contributed by atoms with Gasteiger partial charge in [0.05, 0.1) is 6.61 Å². The fourth-order valence-corrected chi connectivity index (χ4v) is 2.93. The van der Waals surface area contributed by atoms with Crippen LogP contribution >= 0.6 is 23.2 Å². The van der Waals surface area contributed by atoms with Crippen molar-refractivity contribution in [1.82, 2.24) is 10.6 Å². The molecule has 0 aromatic heterocycles. The molecule has 2 N–H and O–H groups in total. The molecule has 0 fully saturated rings. The lowest BCUT2D eigenvalue weighted by Gasteiger charge is -2.14. The zero-order valence-corrected chi connectivity index (χ0v) is 16.8. The van der Waals surface area contributed by atoms with E-state index in [2.05, 4.69) is 10.6 Å². The number of rotatable bonds is 11. The lowest BCUT2D eigenvalue weighted by Crippen LogP contribution is -2.19. The lowest BCUT2D eigenvalue weighted by molar-refractivity contribution is 0.269. The molecule has 0 unspecified atom stereocenters. The number of hydrogen-bond donors (Lipinski definition) is 2. The van der Waals surface area contributed by atoms with E-state index in [9.17, 15) is 0 Å². The number of ether oxygens (including phenoxy) is 2. The zero-order chi connectivity index (χ0) is 18.8. The largest absolute Gasteiger partial charge is 0.490 e. The van der Waals surface area contributed by atoms with Crippen LogP contribution in [0.5, 0.6) is 11.5 Å². The minimum atomic E-state index is 0.359. The average molecular weight is 397 g/mol. The van der Waals surface area contributed by atoms with Crippen LogP contribution in [0.3, 0.4) is 0 Å². The first kappa shape index (κ1) is 20.8. The van der Waals surface area contributed by atoms with E-state index in [1.165, 1.54) is 0 Å². The molecule has 0 atom stereocenters. The summed E-state index contributed by atoms with van der Waals surface area (Å²) in [5, 5.41) is 7.78. The van der Waals surface area contributed by atoms with Gasteiger partial charge < -0.3 is 20.1 Å². The highest BCUT2D eigenvalue weighted by atomic mass is 35.5. The molecule has 2 aromatic carbocycles. The van der Waals surface area contributed by atoms with Gasteiger partial charge >= 0.3 is 0 Å². The molecule has 0 aliphatic rings. The predicted molar refractivity (Wildman–Crippen MR) is 109 cm³/mol. The van der Waals surface area contributed by atoms with Gasteiger partial charge in [-0.2, -0.15) is 0 Å². The molecule has 0 spiro atoms. The Hall–Kier alpha value is -1.46.